The van der Waals surface area contributed by atoms with Gasteiger partial charge in [-0.25, -0.2) is 9.97 Å². The third-order valence-electron chi connectivity index (χ3n) is 4.30. The number of nitrogens with zero attached hydrogens (tertiary/aromatic N) is 4. The van der Waals surface area contributed by atoms with Gasteiger partial charge < -0.3 is 9.80 Å². The summed E-state index contributed by atoms with van der Waals surface area (Å²) in [4.78, 5) is 26.0. The third kappa shape index (κ3) is 4.66. The van der Waals surface area contributed by atoms with Gasteiger partial charge in [0.2, 0.25) is 0 Å². The molecule has 0 spiro atoms. The SMILES string of the molecule is CCCN(CCC)c1cc(C(=O)N2CCCC(C)C2)nc(C)n1. The summed E-state index contributed by atoms with van der Waals surface area (Å²) in [5.41, 5.74) is 0.541. The van der Waals surface area contributed by atoms with Crippen LogP contribution in [0.3, 0.4) is 0 Å². The number of likely N-dealkylation sites (tertiary alicyclic amines) is 1. The highest BCUT2D eigenvalue weighted by Gasteiger charge is 2.24. The molecule has 1 aromatic heterocycles. The molecule has 1 aromatic rings. The average molecular weight is 318 g/mol. The first-order valence-corrected chi connectivity index (χ1v) is 8.95. The van der Waals surface area contributed by atoms with Crippen molar-refractivity contribution in [3.05, 3.63) is 17.6 Å². The molecule has 2 heterocycles. The van der Waals surface area contributed by atoms with Crippen molar-refractivity contribution in [3.8, 4) is 0 Å². The molecule has 128 valence electrons. The van der Waals surface area contributed by atoms with Gasteiger partial charge in [-0.05, 0) is 38.5 Å². The lowest BCUT2D eigenvalue weighted by Gasteiger charge is -2.31. The van der Waals surface area contributed by atoms with Gasteiger partial charge in [-0.2, -0.15) is 0 Å². The first kappa shape index (κ1) is 17.7. The molecule has 1 aliphatic heterocycles. The zero-order chi connectivity index (χ0) is 16.8. The van der Waals surface area contributed by atoms with E-state index in [1.54, 1.807) is 0 Å². The molecule has 2 rings (SSSR count). The number of rotatable bonds is 6. The minimum absolute atomic E-state index is 0.0521. The molecule has 1 aliphatic rings. The number of hydrogen-bond donors (Lipinski definition) is 0. The van der Waals surface area contributed by atoms with Gasteiger partial charge in [-0.1, -0.05) is 20.8 Å². The lowest BCUT2D eigenvalue weighted by atomic mass is 10.00. The average Bonchev–Trinajstić information content (AvgIpc) is 2.53. The zero-order valence-corrected chi connectivity index (χ0v) is 15.0. The monoisotopic (exact) mass is 318 g/mol. The van der Waals surface area contributed by atoms with Gasteiger partial charge in [0.25, 0.3) is 5.91 Å². The Kier molecular flexibility index (Phi) is 6.37. The van der Waals surface area contributed by atoms with Crippen molar-refractivity contribution in [1.29, 1.82) is 0 Å². The van der Waals surface area contributed by atoms with Gasteiger partial charge in [0, 0.05) is 32.2 Å². The molecule has 5 nitrogen and oxygen atoms in total. The number of aromatic nitrogens is 2. The van der Waals surface area contributed by atoms with Crippen LogP contribution in [0.4, 0.5) is 5.82 Å². The second-order valence-corrected chi connectivity index (χ2v) is 6.64. The summed E-state index contributed by atoms with van der Waals surface area (Å²) in [7, 11) is 0. The molecule has 23 heavy (non-hydrogen) atoms. The van der Waals surface area contributed by atoms with Crippen molar-refractivity contribution in [2.75, 3.05) is 31.1 Å². The Morgan fingerprint density at radius 1 is 1.30 bits per heavy atom. The summed E-state index contributed by atoms with van der Waals surface area (Å²) in [5, 5.41) is 0. The summed E-state index contributed by atoms with van der Waals surface area (Å²) >= 11 is 0. The van der Waals surface area contributed by atoms with Crippen molar-refractivity contribution < 1.29 is 4.79 Å². The number of amides is 1. The summed E-state index contributed by atoms with van der Waals surface area (Å²) in [5.74, 6) is 2.19. The lowest BCUT2D eigenvalue weighted by molar-refractivity contribution is 0.0676. The van der Waals surface area contributed by atoms with E-state index >= 15 is 0 Å². The summed E-state index contributed by atoms with van der Waals surface area (Å²) in [6.07, 6.45) is 4.42. The van der Waals surface area contributed by atoms with Crippen molar-refractivity contribution in [1.82, 2.24) is 14.9 Å². The van der Waals surface area contributed by atoms with Crippen LogP contribution >= 0.6 is 0 Å². The highest BCUT2D eigenvalue weighted by molar-refractivity contribution is 5.93. The summed E-state index contributed by atoms with van der Waals surface area (Å²) in [6, 6.07) is 1.87. The standard InChI is InChI=1S/C18H30N4O/c1-5-9-21(10-6-2)17-12-16(19-15(4)20-17)18(23)22-11-7-8-14(3)13-22/h12,14H,5-11,13H2,1-4H3. The van der Waals surface area contributed by atoms with Gasteiger partial charge >= 0.3 is 0 Å². The molecular weight excluding hydrogens is 288 g/mol. The minimum Gasteiger partial charge on any atom is -0.357 e. The quantitative estimate of drug-likeness (QED) is 0.807. The predicted octanol–water partition coefficient (Wildman–Crippen LogP) is 3.28. The van der Waals surface area contributed by atoms with Crippen LogP contribution in [0.2, 0.25) is 0 Å². The van der Waals surface area contributed by atoms with Crippen LogP contribution in [-0.4, -0.2) is 47.0 Å². The van der Waals surface area contributed by atoms with E-state index in [-0.39, 0.29) is 5.91 Å². The number of carbonyl (C=O) groups is 1. The normalized spacial score (nSPS) is 18.1. The van der Waals surface area contributed by atoms with Crippen molar-refractivity contribution >= 4 is 11.7 Å². The molecule has 5 heteroatoms. The fraction of sp³-hybridized carbons (Fsp3) is 0.722. The first-order valence-electron chi connectivity index (χ1n) is 8.95. The molecule has 1 atom stereocenters. The molecule has 0 bridgehead atoms. The Morgan fingerprint density at radius 2 is 2.00 bits per heavy atom. The van der Waals surface area contributed by atoms with Crippen LogP contribution in [0.25, 0.3) is 0 Å². The highest BCUT2D eigenvalue weighted by Crippen LogP contribution is 2.19. The molecule has 1 fully saturated rings. The summed E-state index contributed by atoms with van der Waals surface area (Å²) in [6.45, 7) is 12.0. The van der Waals surface area contributed by atoms with Crippen LogP contribution in [0.1, 0.15) is 62.8 Å². The van der Waals surface area contributed by atoms with Crippen LogP contribution in [-0.2, 0) is 0 Å². The smallest absolute Gasteiger partial charge is 0.272 e. The van der Waals surface area contributed by atoms with E-state index in [2.05, 4.69) is 35.6 Å². The number of anilines is 1. The molecule has 0 radical (unpaired) electrons. The van der Waals surface area contributed by atoms with Gasteiger partial charge in [0.05, 0.1) is 0 Å². The number of hydrogen-bond acceptors (Lipinski definition) is 4. The number of piperidine rings is 1. The fourth-order valence-corrected chi connectivity index (χ4v) is 3.24. The number of carbonyl (C=O) groups excluding carboxylic acids is 1. The highest BCUT2D eigenvalue weighted by atomic mass is 16.2. The Bertz CT molecular complexity index is 526. The Hall–Kier alpha value is -1.65. The fourth-order valence-electron chi connectivity index (χ4n) is 3.24. The van der Waals surface area contributed by atoms with Crippen LogP contribution in [0.15, 0.2) is 6.07 Å². The molecule has 1 amide bonds. The maximum absolute atomic E-state index is 12.8. The topological polar surface area (TPSA) is 49.3 Å². The molecular formula is C18H30N4O. The Labute approximate surface area is 140 Å². The van der Waals surface area contributed by atoms with Crippen LogP contribution in [0.5, 0.6) is 0 Å². The second kappa shape index (κ2) is 8.27. The van der Waals surface area contributed by atoms with Gasteiger partial charge in [-0.3, -0.25) is 4.79 Å². The predicted molar refractivity (Wildman–Crippen MR) is 93.9 cm³/mol. The molecule has 0 N–H and O–H groups in total. The van der Waals surface area contributed by atoms with E-state index in [0.29, 0.717) is 17.4 Å². The largest absolute Gasteiger partial charge is 0.357 e. The van der Waals surface area contributed by atoms with Crippen molar-refractivity contribution in [2.45, 2.75) is 53.4 Å². The van der Waals surface area contributed by atoms with E-state index in [0.717, 1.165) is 51.3 Å². The van der Waals surface area contributed by atoms with E-state index < -0.39 is 0 Å². The van der Waals surface area contributed by atoms with Gasteiger partial charge in [-0.15, -0.1) is 0 Å². The van der Waals surface area contributed by atoms with Crippen LogP contribution < -0.4 is 4.90 Å². The molecule has 1 saturated heterocycles. The van der Waals surface area contributed by atoms with E-state index in [9.17, 15) is 4.79 Å². The summed E-state index contributed by atoms with van der Waals surface area (Å²) < 4.78 is 0. The first-order chi connectivity index (χ1) is 11.0. The van der Waals surface area contributed by atoms with Crippen LogP contribution in [0, 0.1) is 12.8 Å². The zero-order valence-electron chi connectivity index (χ0n) is 15.0. The second-order valence-electron chi connectivity index (χ2n) is 6.64. The van der Waals surface area contributed by atoms with E-state index in [1.807, 2.05) is 17.9 Å². The molecule has 1 unspecified atom stereocenters. The van der Waals surface area contributed by atoms with Gasteiger partial charge in [0.1, 0.15) is 17.3 Å². The van der Waals surface area contributed by atoms with Crippen molar-refractivity contribution in [3.63, 3.8) is 0 Å². The lowest BCUT2D eigenvalue weighted by Crippen LogP contribution is -2.39. The molecule has 0 aromatic carbocycles. The molecule has 0 aliphatic carbocycles. The minimum atomic E-state index is 0.0521. The van der Waals surface area contributed by atoms with E-state index in [1.165, 1.54) is 6.42 Å². The van der Waals surface area contributed by atoms with Gasteiger partial charge in [0.15, 0.2) is 0 Å². The number of aryl methyl sites for hydroxylation is 1. The van der Waals surface area contributed by atoms with E-state index in [4.69, 9.17) is 0 Å². The Morgan fingerprint density at radius 3 is 2.61 bits per heavy atom. The maximum Gasteiger partial charge on any atom is 0.272 e. The Balaban J connectivity index is 2.23. The maximum atomic E-state index is 12.8. The molecule has 0 saturated carbocycles. The van der Waals surface area contributed by atoms with Crippen molar-refractivity contribution in [2.24, 2.45) is 5.92 Å². The third-order valence-corrected chi connectivity index (χ3v) is 4.30.